The molecule has 0 saturated heterocycles. The molecule has 2 atom stereocenters. The van der Waals surface area contributed by atoms with Crippen molar-refractivity contribution in [3.63, 3.8) is 0 Å². The van der Waals surface area contributed by atoms with Gasteiger partial charge in [-0.1, -0.05) is 204 Å². The molecular formula is C70H52N4. The molecule has 0 aliphatic heterocycles. The molecule has 12 rings (SSSR count). The lowest BCUT2D eigenvalue weighted by Gasteiger charge is -2.44. The molecule has 4 aliphatic rings. The van der Waals surface area contributed by atoms with Crippen LogP contribution in [-0.4, -0.2) is 6.04 Å². The van der Waals surface area contributed by atoms with Crippen LogP contribution in [0.25, 0.3) is 49.4 Å². The molecule has 4 nitrogen and oxygen atoms in total. The Morgan fingerprint density at radius 2 is 1.01 bits per heavy atom. The number of nitriles is 1. The van der Waals surface area contributed by atoms with Gasteiger partial charge in [0.25, 0.3) is 0 Å². The van der Waals surface area contributed by atoms with E-state index >= 15 is 0 Å². The zero-order valence-electron chi connectivity index (χ0n) is 41.9. The van der Waals surface area contributed by atoms with E-state index in [9.17, 15) is 5.26 Å². The van der Waals surface area contributed by atoms with Crippen LogP contribution in [0.2, 0.25) is 0 Å². The Labute approximate surface area is 435 Å². The van der Waals surface area contributed by atoms with Crippen molar-refractivity contribution in [2.75, 3.05) is 9.80 Å². The number of para-hydroxylation sites is 3. The first-order valence-corrected chi connectivity index (χ1v) is 25.3. The fourth-order valence-electron chi connectivity index (χ4n) is 11.1. The van der Waals surface area contributed by atoms with Crippen LogP contribution >= 0.6 is 0 Å². The van der Waals surface area contributed by atoms with E-state index in [1.165, 1.54) is 44.5 Å². The van der Waals surface area contributed by atoms with Crippen molar-refractivity contribution in [2.24, 2.45) is 5.92 Å². The van der Waals surface area contributed by atoms with Gasteiger partial charge < -0.3 is 9.80 Å². The molecule has 0 N–H and O–H groups in total. The minimum atomic E-state index is -0.279. The van der Waals surface area contributed by atoms with Crippen molar-refractivity contribution in [3.05, 3.63) is 303 Å². The van der Waals surface area contributed by atoms with Crippen LogP contribution in [-0.2, 0) is 0 Å². The average Bonchev–Trinajstić information content (AvgIpc) is 3.45. The monoisotopic (exact) mass is 948 g/mol. The molecule has 4 heteroatoms. The number of allylic oxidation sites excluding steroid dienone is 10. The molecule has 2 unspecified atom stereocenters. The van der Waals surface area contributed by atoms with E-state index in [0.717, 1.165) is 78.5 Å². The predicted molar refractivity (Wildman–Crippen MR) is 307 cm³/mol. The molecule has 0 aromatic heterocycles. The second-order valence-electron chi connectivity index (χ2n) is 19.8. The van der Waals surface area contributed by atoms with Crippen LogP contribution in [0.1, 0.15) is 27.8 Å². The molecule has 0 fully saturated rings. The van der Waals surface area contributed by atoms with Gasteiger partial charge in [0.2, 0.25) is 5.69 Å². The van der Waals surface area contributed by atoms with Gasteiger partial charge in [-0.3, -0.25) is 0 Å². The van der Waals surface area contributed by atoms with Crippen LogP contribution < -0.4 is 9.80 Å². The van der Waals surface area contributed by atoms with E-state index in [2.05, 4.69) is 243 Å². The number of anilines is 4. The van der Waals surface area contributed by atoms with Crippen molar-refractivity contribution >= 4 is 28.4 Å². The van der Waals surface area contributed by atoms with Crippen molar-refractivity contribution in [2.45, 2.75) is 33.7 Å². The lowest BCUT2D eigenvalue weighted by molar-refractivity contribution is 0.773. The highest BCUT2D eigenvalue weighted by molar-refractivity contribution is 5.93. The third-order valence-corrected chi connectivity index (χ3v) is 15.0. The van der Waals surface area contributed by atoms with E-state index in [1.807, 2.05) is 36.4 Å². The molecular weight excluding hydrogens is 897 g/mol. The maximum Gasteiger partial charge on any atom is 0.210 e. The van der Waals surface area contributed by atoms with Crippen LogP contribution in [0.4, 0.5) is 28.4 Å². The normalized spacial score (nSPS) is 16.0. The summed E-state index contributed by atoms with van der Waals surface area (Å²) in [6, 6.07) is 66.8. The minimum absolute atomic E-state index is 0.103. The molecule has 0 saturated carbocycles. The summed E-state index contributed by atoms with van der Waals surface area (Å²) in [4.78, 5) is 8.86. The number of benzene rings is 8. The molecule has 8 aromatic carbocycles. The van der Waals surface area contributed by atoms with Crippen LogP contribution in [0.15, 0.2) is 264 Å². The van der Waals surface area contributed by atoms with E-state index in [4.69, 9.17) is 6.57 Å². The Balaban J connectivity index is 1.04. The summed E-state index contributed by atoms with van der Waals surface area (Å²) in [6.07, 6.45) is 18.3. The van der Waals surface area contributed by atoms with Gasteiger partial charge >= 0.3 is 0 Å². The highest BCUT2D eigenvalue weighted by Crippen LogP contribution is 2.54. The summed E-state index contributed by atoms with van der Waals surface area (Å²) in [5, 5.41) is 10.8. The number of rotatable bonds is 10. The van der Waals surface area contributed by atoms with Gasteiger partial charge in [0.15, 0.2) is 0 Å². The smallest absolute Gasteiger partial charge is 0.210 e. The van der Waals surface area contributed by atoms with Crippen LogP contribution in [0.3, 0.4) is 0 Å². The lowest BCUT2D eigenvalue weighted by Crippen LogP contribution is -2.38. The highest BCUT2D eigenvalue weighted by atomic mass is 15.2. The topological polar surface area (TPSA) is 34.6 Å². The standard InChI is InChI=1S/C70H52N4/c1-45-14-22-49(23-15-45)55-34-40-66(60(42-55)51-26-18-47(3)19-27-51)73(63-12-8-6-10-57(63)44-71)64-38-32-53-31-37-59-65(39-33-54-30-36-58(64)69(53)70(54)59)74(68-13-9-7-11-62(68)72-5)67-41-35-56(50-24-16-46(2)17-25-50)43-61(67)52-28-20-48(4)21-29-52/h6-43,64,70H,1-4H3. The molecule has 8 aromatic rings. The summed E-state index contributed by atoms with van der Waals surface area (Å²) in [7, 11) is 0. The highest BCUT2D eigenvalue weighted by Gasteiger charge is 2.41. The number of hydrogen-bond acceptors (Lipinski definition) is 3. The van der Waals surface area contributed by atoms with Crippen molar-refractivity contribution in [3.8, 4) is 50.6 Å². The Morgan fingerprint density at radius 1 is 0.486 bits per heavy atom. The minimum Gasteiger partial charge on any atom is -0.329 e. The summed E-state index contributed by atoms with van der Waals surface area (Å²) in [6.45, 7) is 17.0. The largest absolute Gasteiger partial charge is 0.329 e. The van der Waals surface area contributed by atoms with Crippen LogP contribution in [0, 0.1) is 51.5 Å². The van der Waals surface area contributed by atoms with E-state index in [1.54, 1.807) is 0 Å². The van der Waals surface area contributed by atoms with Gasteiger partial charge in [-0.2, -0.15) is 5.26 Å². The summed E-state index contributed by atoms with van der Waals surface area (Å²) in [5.41, 5.74) is 25.5. The Bertz CT molecular complexity index is 3880. The zero-order chi connectivity index (χ0) is 50.5. The molecule has 74 heavy (non-hydrogen) atoms. The van der Waals surface area contributed by atoms with E-state index < -0.39 is 0 Å². The average molecular weight is 949 g/mol. The van der Waals surface area contributed by atoms with Crippen molar-refractivity contribution in [1.29, 1.82) is 5.26 Å². The quantitative estimate of drug-likeness (QED) is 0.128. The third-order valence-electron chi connectivity index (χ3n) is 15.0. The Morgan fingerprint density at radius 3 is 1.61 bits per heavy atom. The lowest BCUT2D eigenvalue weighted by atomic mass is 9.67. The summed E-state index contributed by atoms with van der Waals surface area (Å²) in [5.74, 6) is -0.103. The number of nitrogens with zero attached hydrogens (tertiary/aromatic N) is 4. The second kappa shape index (κ2) is 18.9. The number of hydrogen-bond donors (Lipinski definition) is 0. The maximum atomic E-state index is 10.8. The van der Waals surface area contributed by atoms with Gasteiger partial charge in [0.05, 0.1) is 35.2 Å². The summed E-state index contributed by atoms with van der Waals surface area (Å²) >= 11 is 0. The Kier molecular flexibility index (Phi) is 11.7. The van der Waals surface area contributed by atoms with Gasteiger partial charge in [-0.15, -0.1) is 0 Å². The molecule has 4 aliphatic carbocycles. The van der Waals surface area contributed by atoms with Crippen molar-refractivity contribution < 1.29 is 0 Å². The zero-order valence-corrected chi connectivity index (χ0v) is 41.9. The van der Waals surface area contributed by atoms with Gasteiger partial charge in [-0.05, 0) is 137 Å². The van der Waals surface area contributed by atoms with Gasteiger partial charge in [0.1, 0.15) is 6.07 Å². The molecule has 0 bridgehead atoms. The molecule has 0 amide bonds. The summed E-state index contributed by atoms with van der Waals surface area (Å²) < 4.78 is 0. The Hall–Kier alpha value is -9.48. The first kappa shape index (κ1) is 45.6. The molecule has 352 valence electrons. The van der Waals surface area contributed by atoms with Crippen molar-refractivity contribution in [1.82, 2.24) is 0 Å². The molecule has 0 spiro atoms. The molecule has 0 radical (unpaired) electrons. The fraction of sp³-hybridized carbons (Fsp3) is 0.0857. The maximum absolute atomic E-state index is 10.8. The first-order valence-electron chi connectivity index (χ1n) is 25.3. The van der Waals surface area contributed by atoms with Gasteiger partial charge in [0, 0.05) is 28.4 Å². The molecule has 0 heterocycles. The predicted octanol–water partition coefficient (Wildman–Crippen LogP) is 18.1. The first-order chi connectivity index (χ1) is 36.2. The van der Waals surface area contributed by atoms with Crippen LogP contribution in [0.5, 0.6) is 0 Å². The van der Waals surface area contributed by atoms with E-state index in [0.29, 0.717) is 11.3 Å². The SMILES string of the molecule is [C-]#[N+]c1ccccc1N(C1=C2C=CC3=C4C(=CC=C(C=C1)C24)C(N(c1ccccc1C#N)c1ccc(-c2ccc(C)cc2)cc1-c1ccc(C)cc1)C=C3)c1ccc(-c2ccc(C)cc2)cc1-c1ccc(C)cc1. The third kappa shape index (κ3) is 8.14. The fourth-order valence-corrected chi connectivity index (χ4v) is 11.1. The van der Waals surface area contributed by atoms with Gasteiger partial charge in [-0.25, -0.2) is 4.85 Å². The number of aryl methyl sites for hydroxylation is 4. The van der Waals surface area contributed by atoms with E-state index in [-0.39, 0.29) is 12.0 Å². The second-order valence-corrected chi connectivity index (χ2v) is 19.8.